The van der Waals surface area contributed by atoms with Crippen LogP contribution in [0.1, 0.15) is 38.2 Å². The minimum atomic E-state index is -2.60. The maximum Gasteiger partial charge on any atom is 0.361 e. The van der Waals surface area contributed by atoms with Crippen molar-refractivity contribution >= 4 is 35.2 Å². The van der Waals surface area contributed by atoms with Gasteiger partial charge in [0.15, 0.2) is 11.8 Å². The van der Waals surface area contributed by atoms with Crippen molar-refractivity contribution in [1.29, 1.82) is 0 Å². The van der Waals surface area contributed by atoms with Gasteiger partial charge in [0.05, 0.1) is 11.5 Å². The number of nitrogens with zero attached hydrogens (tertiary/aromatic N) is 3. The van der Waals surface area contributed by atoms with Crippen molar-refractivity contribution in [3.8, 4) is 10.6 Å². The Morgan fingerprint density at radius 1 is 1.15 bits per heavy atom. The summed E-state index contributed by atoms with van der Waals surface area (Å²) >= 11 is 1.21. The van der Waals surface area contributed by atoms with Gasteiger partial charge >= 0.3 is 29.8 Å². The van der Waals surface area contributed by atoms with Gasteiger partial charge in [0.1, 0.15) is 18.4 Å². The number of carbonyl (C=O) groups is 4. The summed E-state index contributed by atoms with van der Waals surface area (Å²) in [6, 6.07) is 3.34. The van der Waals surface area contributed by atoms with E-state index in [0.717, 1.165) is 25.5 Å². The van der Waals surface area contributed by atoms with Crippen LogP contribution in [0.3, 0.4) is 0 Å². The number of thiophene rings is 1. The van der Waals surface area contributed by atoms with Crippen LogP contribution >= 0.6 is 11.3 Å². The Kier molecular flexibility index (Phi) is 7.64. The van der Waals surface area contributed by atoms with Crippen LogP contribution in [0.4, 0.5) is 0 Å². The summed E-state index contributed by atoms with van der Waals surface area (Å²) in [6.07, 6.45) is -4.31. The van der Waals surface area contributed by atoms with E-state index < -0.39 is 54.7 Å². The molecule has 3 rings (SSSR count). The summed E-state index contributed by atoms with van der Waals surface area (Å²) in [5.74, 6) is -5.67. The predicted molar refractivity (Wildman–Crippen MR) is 112 cm³/mol. The quantitative estimate of drug-likeness (QED) is 0.399. The molecule has 0 aliphatic carbocycles. The molecule has 13 nitrogen and oxygen atoms in total. The third-order valence-corrected chi connectivity index (χ3v) is 5.48. The number of hydrogen-bond acceptors (Lipinski definition) is 13. The van der Waals surface area contributed by atoms with Crippen molar-refractivity contribution in [2.45, 2.75) is 51.9 Å². The Morgan fingerprint density at radius 2 is 1.85 bits per heavy atom. The first-order valence-electron chi connectivity index (χ1n) is 10.1. The van der Waals surface area contributed by atoms with E-state index in [1.165, 1.54) is 11.3 Å². The molecule has 4 atom stereocenters. The second-order valence-corrected chi connectivity index (χ2v) is 8.07. The molecular weight excluding hydrogens is 474 g/mol. The van der Waals surface area contributed by atoms with E-state index in [4.69, 9.17) is 23.7 Å². The molecule has 0 unspecified atom stereocenters. The average molecular weight is 497 g/mol. The molecule has 2 aromatic rings. The van der Waals surface area contributed by atoms with Crippen LogP contribution in [0, 0.1) is 0 Å². The highest BCUT2D eigenvalue weighted by Crippen LogP contribution is 2.41. The maximum absolute atomic E-state index is 12.5. The second-order valence-electron chi connectivity index (χ2n) is 7.12. The molecule has 34 heavy (non-hydrogen) atoms. The number of aliphatic hydroxyl groups is 1. The van der Waals surface area contributed by atoms with Crippen LogP contribution in [0.5, 0.6) is 0 Å². The molecule has 1 fully saturated rings. The first kappa shape index (κ1) is 25.3. The third kappa shape index (κ3) is 5.08. The van der Waals surface area contributed by atoms with Gasteiger partial charge in [-0.05, 0) is 18.4 Å². The summed E-state index contributed by atoms with van der Waals surface area (Å²) in [6.45, 7) is 4.57. The molecule has 0 bridgehead atoms. The van der Waals surface area contributed by atoms with Gasteiger partial charge < -0.3 is 28.8 Å². The van der Waals surface area contributed by atoms with Crippen molar-refractivity contribution in [2.24, 2.45) is 0 Å². The number of hydrogen-bond donors (Lipinski definition) is 1. The normalized spacial score (nSPS) is 23.9. The third-order valence-electron chi connectivity index (χ3n) is 4.60. The highest BCUT2D eigenvalue weighted by atomic mass is 32.1. The zero-order chi connectivity index (χ0) is 25.0. The largest absolute Gasteiger partial charge is 0.463 e. The lowest BCUT2D eigenvalue weighted by Gasteiger charge is -2.29. The van der Waals surface area contributed by atoms with Gasteiger partial charge in [-0.2, -0.15) is 4.68 Å². The van der Waals surface area contributed by atoms with Crippen LogP contribution in [-0.2, 0) is 44.0 Å². The van der Waals surface area contributed by atoms with Crippen LogP contribution in [0.25, 0.3) is 10.6 Å². The van der Waals surface area contributed by atoms with Crippen molar-refractivity contribution in [3.63, 3.8) is 0 Å². The molecule has 2 aromatic heterocycles. The summed E-state index contributed by atoms with van der Waals surface area (Å²) in [7, 11) is 0. The average Bonchev–Trinajstić information content (AvgIpc) is 3.46. The van der Waals surface area contributed by atoms with E-state index in [0.29, 0.717) is 4.88 Å². The van der Waals surface area contributed by atoms with E-state index >= 15 is 0 Å². The van der Waals surface area contributed by atoms with Gasteiger partial charge in [-0.15, -0.1) is 16.4 Å². The Morgan fingerprint density at radius 3 is 2.41 bits per heavy atom. The fraction of sp³-hybridized carbons (Fsp3) is 0.500. The monoisotopic (exact) mass is 497 g/mol. The molecule has 0 spiro atoms. The Balaban J connectivity index is 2.16. The smallest absolute Gasteiger partial charge is 0.361 e. The minimum absolute atomic E-state index is 0.0165. The van der Waals surface area contributed by atoms with Crippen molar-refractivity contribution in [1.82, 2.24) is 15.0 Å². The summed E-state index contributed by atoms with van der Waals surface area (Å²) in [4.78, 5) is 48.0. The highest BCUT2D eigenvalue weighted by molar-refractivity contribution is 7.13. The number of aromatic nitrogens is 3. The molecule has 0 radical (unpaired) electrons. The van der Waals surface area contributed by atoms with Gasteiger partial charge in [-0.3, -0.25) is 14.4 Å². The van der Waals surface area contributed by atoms with E-state index in [9.17, 15) is 24.3 Å². The summed E-state index contributed by atoms with van der Waals surface area (Å²) in [5.41, 5.74) is -0.210. The van der Waals surface area contributed by atoms with Crippen LogP contribution < -0.4 is 0 Å². The fourth-order valence-electron chi connectivity index (χ4n) is 3.39. The molecule has 0 amide bonds. The van der Waals surface area contributed by atoms with Crippen LogP contribution in [0.2, 0.25) is 0 Å². The SMILES string of the molecule is CCOC(=O)c1nnn([C@@]2(O)O[C@H](COC(C)=O)[C@@H](OC(C)=O)[C@H]2OC(C)=O)c1-c1cccs1. The summed E-state index contributed by atoms with van der Waals surface area (Å²) < 4.78 is 27.2. The number of rotatable bonds is 8. The molecule has 184 valence electrons. The molecule has 14 heteroatoms. The van der Waals surface area contributed by atoms with Gasteiger partial charge in [0.25, 0.3) is 0 Å². The molecular formula is C20H23N3O10S. The minimum Gasteiger partial charge on any atom is -0.463 e. The Labute approximate surface area is 197 Å². The van der Waals surface area contributed by atoms with Gasteiger partial charge in [-0.1, -0.05) is 11.3 Å². The van der Waals surface area contributed by atoms with E-state index in [2.05, 4.69) is 10.3 Å². The molecule has 3 heterocycles. The molecule has 1 N–H and O–H groups in total. The lowest BCUT2D eigenvalue weighted by molar-refractivity contribution is -0.297. The lowest BCUT2D eigenvalue weighted by Crippen LogP contribution is -2.50. The number of carbonyl (C=O) groups excluding carboxylic acids is 4. The highest BCUT2D eigenvalue weighted by Gasteiger charge is 2.62. The van der Waals surface area contributed by atoms with Crippen molar-refractivity contribution in [3.05, 3.63) is 23.2 Å². The first-order valence-corrected chi connectivity index (χ1v) is 11.0. The molecule has 0 saturated carbocycles. The van der Waals surface area contributed by atoms with Gasteiger partial charge in [0.2, 0.25) is 6.10 Å². The fourth-order valence-corrected chi connectivity index (χ4v) is 4.15. The van der Waals surface area contributed by atoms with Crippen molar-refractivity contribution in [2.75, 3.05) is 13.2 Å². The standard InChI is InChI=1S/C20H23N3O10S/c1-5-29-19(27)15-16(14-7-6-8-34-14)23(22-21-15)20(28)18(32-12(4)26)17(31-11(3)25)13(33-20)9-30-10(2)24/h6-8,13,17-18,28H,5,9H2,1-4H3/t13-,17-,18-,20+/m1/s1. The molecule has 1 aliphatic heterocycles. The van der Waals surface area contributed by atoms with Crippen molar-refractivity contribution < 1.29 is 48.0 Å². The maximum atomic E-state index is 12.5. The van der Waals surface area contributed by atoms with Gasteiger partial charge in [0, 0.05) is 20.8 Å². The molecule has 1 aliphatic rings. The zero-order valence-corrected chi connectivity index (χ0v) is 19.6. The van der Waals surface area contributed by atoms with E-state index in [-0.39, 0.29) is 18.0 Å². The topological polar surface area (TPSA) is 165 Å². The van der Waals surface area contributed by atoms with Crippen LogP contribution in [0.15, 0.2) is 17.5 Å². The summed E-state index contributed by atoms with van der Waals surface area (Å²) in [5, 5.41) is 21.1. The second kappa shape index (κ2) is 10.3. The number of esters is 4. The lowest BCUT2D eigenvalue weighted by atomic mass is 10.1. The van der Waals surface area contributed by atoms with Crippen LogP contribution in [-0.4, -0.2) is 75.5 Å². The Bertz CT molecular complexity index is 1070. The number of ether oxygens (including phenoxy) is 5. The first-order chi connectivity index (χ1) is 16.1. The predicted octanol–water partition coefficient (Wildman–Crippen LogP) is 0.611. The van der Waals surface area contributed by atoms with Gasteiger partial charge in [-0.25, -0.2) is 4.79 Å². The Hall–Kier alpha value is -3.36. The molecule has 0 aromatic carbocycles. The van der Waals surface area contributed by atoms with E-state index in [1.807, 2.05) is 0 Å². The molecule has 1 saturated heterocycles. The zero-order valence-electron chi connectivity index (χ0n) is 18.7. The van der Waals surface area contributed by atoms with E-state index in [1.54, 1.807) is 24.4 Å².